The summed E-state index contributed by atoms with van der Waals surface area (Å²) in [6, 6.07) is 12.6. The van der Waals surface area contributed by atoms with Crippen LogP contribution in [0.25, 0.3) is 0 Å². The standard InChI is InChI=1S/C15H11N3O3/c1-10-3-2-4-12(7-10)15(19)17-13-8-11(9-16)5-6-14(13)18(20)21/h2-8H,1H3,(H,17,19). The third kappa shape index (κ3) is 3.22. The fourth-order valence-corrected chi connectivity index (χ4v) is 1.85. The quantitative estimate of drug-likeness (QED) is 0.690. The van der Waals surface area contributed by atoms with Gasteiger partial charge in [-0.3, -0.25) is 14.9 Å². The number of nitro benzene ring substituents is 1. The summed E-state index contributed by atoms with van der Waals surface area (Å²) in [7, 11) is 0. The van der Waals surface area contributed by atoms with Crippen molar-refractivity contribution in [1.82, 2.24) is 0 Å². The van der Waals surface area contributed by atoms with E-state index < -0.39 is 10.8 Å². The van der Waals surface area contributed by atoms with E-state index in [0.717, 1.165) is 5.56 Å². The van der Waals surface area contributed by atoms with Gasteiger partial charge in [0.1, 0.15) is 5.69 Å². The van der Waals surface area contributed by atoms with Gasteiger partial charge in [0.05, 0.1) is 16.6 Å². The van der Waals surface area contributed by atoms with E-state index in [1.165, 1.54) is 18.2 Å². The summed E-state index contributed by atoms with van der Waals surface area (Å²) >= 11 is 0. The third-order valence-corrected chi connectivity index (χ3v) is 2.85. The first kappa shape index (κ1) is 14.2. The van der Waals surface area contributed by atoms with Crippen LogP contribution in [0.5, 0.6) is 0 Å². The lowest BCUT2D eigenvalue weighted by molar-refractivity contribution is -0.383. The highest BCUT2D eigenvalue weighted by atomic mass is 16.6. The molecule has 2 aromatic carbocycles. The first-order valence-electron chi connectivity index (χ1n) is 6.08. The average Bonchev–Trinajstić information content (AvgIpc) is 2.46. The van der Waals surface area contributed by atoms with Crippen molar-refractivity contribution < 1.29 is 9.72 Å². The van der Waals surface area contributed by atoms with Gasteiger partial charge in [-0.2, -0.15) is 5.26 Å². The van der Waals surface area contributed by atoms with Crippen LogP contribution in [0.15, 0.2) is 42.5 Å². The average molecular weight is 281 g/mol. The lowest BCUT2D eigenvalue weighted by atomic mass is 10.1. The zero-order valence-corrected chi connectivity index (χ0v) is 11.2. The molecule has 0 unspecified atom stereocenters. The van der Waals surface area contributed by atoms with E-state index in [9.17, 15) is 14.9 Å². The SMILES string of the molecule is Cc1cccc(C(=O)Nc2cc(C#N)ccc2[N+](=O)[O-])c1. The van der Waals surface area contributed by atoms with Crippen molar-refractivity contribution in [3.8, 4) is 6.07 Å². The Morgan fingerprint density at radius 3 is 2.67 bits per heavy atom. The highest BCUT2D eigenvalue weighted by molar-refractivity contribution is 6.05. The smallest absolute Gasteiger partial charge is 0.292 e. The van der Waals surface area contributed by atoms with Crippen molar-refractivity contribution in [3.05, 3.63) is 69.3 Å². The zero-order chi connectivity index (χ0) is 15.4. The van der Waals surface area contributed by atoms with Crippen LogP contribution in [0, 0.1) is 28.4 Å². The van der Waals surface area contributed by atoms with E-state index in [1.807, 2.05) is 19.1 Å². The van der Waals surface area contributed by atoms with Crippen LogP contribution in [-0.4, -0.2) is 10.8 Å². The van der Waals surface area contributed by atoms with Gasteiger partial charge in [-0.25, -0.2) is 0 Å². The summed E-state index contributed by atoms with van der Waals surface area (Å²) in [5.74, 6) is -0.461. The molecular formula is C15H11N3O3. The van der Waals surface area contributed by atoms with E-state index in [2.05, 4.69) is 5.32 Å². The van der Waals surface area contributed by atoms with Crippen LogP contribution in [0.1, 0.15) is 21.5 Å². The van der Waals surface area contributed by atoms with E-state index in [0.29, 0.717) is 5.56 Å². The number of hydrogen-bond donors (Lipinski definition) is 1. The maximum Gasteiger partial charge on any atom is 0.292 e. The van der Waals surface area contributed by atoms with Gasteiger partial charge in [-0.1, -0.05) is 17.7 Å². The van der Waals surface area contributed by atoms with Crippen LogP contribution in [0.3, 0.4) is 0 Å². The van der Waals surface area contributed by atoms with Crippen LogP contribution < -0.4 is 5.32 Å². The molecule has 1 amide bonds. The highest BCUT2D eigenvalue weighted by Crippen LogP contribution is 2.25. The van der Waals surface area contributed by atoms with Crippen LogP contribution in [0.4, 0.5) is 11.4 Å². The predicted octanol–water partition coefficient (Wildman–Crippen LogP) is 3.03. The number of nitrogens with zero attached hydrogens (tertiary/aromatic N) is 2. The second kappa shape index (κ2) is 5.84. The molecule has 0 aliphatic carbocycles. The Morgan fingerprint density at radius 2 is 2.05 bits per heavy atom. The molecule has 6 nitrogen and oxygen atoms in total. The van der Waals surface area contributed by atoms with Crippen molar-refractivity contribution in [3.63, 3.8) is 0 Å². The minimum atomic E-state index is -0.604. The number of nitro groups is 1. The number of carbonyl (C=O) groups excluding carboxylic acids is 1. The summed E-state index contributed by atoms with van der Waals surface area (Å²) in [6.07, 6.45) is 0. The molecule has 0 bridgehead atoms. The summed E-state index contributed by atoms with van der Waals surface area (Å²) in [5, 5.41) is 22.3. The van der Waals surface area contributed by atoms with Crippen LogP contribution in [-0.2, 0) is 0 Å². The Labute approximate surface area is 120 Å². The molecule has 2 rings (SSSR count). The maximum absolute atomic E-state index is 12.1. The van der Waals surface area contributed by atoms with Gasteiger partial charge in [0, 0.05) is 11.6 Å². The van der Waals surface area contributed by atoms with Gasteiger partial charge in [-0.05, 0) is 31.2 Å². The number of amides is 1. The Hall–Kier alpha value is -3.20. The van der Waals surface area contributed by atoms with Gasteiger partial charge in [0.25, 0.3) is 11.6 Å². The van der Waals surface area contributed by atoms with Crippen molar-refractivity contribution in [2.24, 2.45) is 0 Å². The number of nitriles is 1. The molecule has 21 heavy (non-hydrogen) atoms. The van der Waals surface area contributed by atoms with Crippen molar-refractivity contribution in [2.45, 2.75) is 6.92 Å². The molecule has 0 atom stereocenters. The fourth-order valence-electron chi connectivity index (χ4n) is 1.85. The summed E-state index contributed by atoms with van der Waals surface area (Å²) in [6.45, 7) is 1.84. The van der Waals surface area contributed by atoms with Gasteiger partial charge in [-0.15, -0.1) is 0 Å². The molecule has 0 aliphatic heterocycles. The summed E-state index contributed by atoms with van der Waals surface area (Å²) in [5.41, 5.74) is 1.29. The second-order valence-corrected chi connectivity index (χ2v) is 4.42. The molecule has 6 heteroatoms. The summed E-state index contributed by atoms with van der Waals surface area (Å²) < 4.78 is 0. The summed E-state index contributed by atoms with van der Waals surface area (Å²) in [4.78, 5) is 22.5. The van der Waals surface area contributed by atoms with Gasteiger partial charge < -0.3 is 5.32 Å². The molecular weight excluding hydrogens is 270 g/mol. The van der Waals surface area contributed by atoms with Crippen molar-refractivity contribution in [1.29, 1.82) is 5.26 Å². The van der Waals surface area contributed by atoms with E-state index in [1.54, 1.807) is 18.2 Å². The monoisotopic (exact) mass is 281 g/mol. The van der Waals surface area contributed by atoms with Gasteiger partial charge in [0.2, 0.25) is 0 Å². The molecule has 1 N–H and O–H groups in total. The second-order valence-electron chi connectivity index (χ2n) is 4.42. The van der Waals surface area contributed by atoms with Gasteiger partial charge in [0.15, 0.2) is 0 Å². The molecule has 0 saturated carbocycles. The molecule has 0 radical (unpaired) electrons. The lowest BCUT2D eigenvalue weighted by Gasteiger charge is -2.07. The van der Waals surface area contributed by atoms with Crippen molar-refractivity contribution in [2.75, 3.05) is 5.32 Å². The molecule has 0 saturated heterocycles. The first-order chi connectivity index (χ1) is 10.0. The number of carbonyl (C=O) groups is 1. The minimum absolute atomic E-state index is 0.00514. The minimum Gasteiger partial charge on any atom is -0.316 e. The number of anilines is 1. The highest BCUT2D eigenvalue weighted by Gasteiger charge is 2.17. The number of nitrogens with one attached hydrogen (secondary N) is 1. The Bertz CT molecular complexity index is 763. The third-order valence-electron chi connectivity index (χ3n) is 2.85. The molecule has 0 aliphatic rings. The maximum atomic E-state index is 12.1. The molecule has 0 spiro atoms. The fraction of sp³-hybridized carbons (Fsp3) is 0.0667. The lowest BCUT2D eigenvalue weighted by Crippen LogP contribution is -2.13. The number of hydrogen-bond acceptors (Lipinski definition) is 4. The molecule has 0 heterocycles. The van der Waals surface area contributed by atoms with E-state index >= 15 is 0 Å². The molecule has 2 aromatic rings. The molecule has 104 valence electrons. The number of rotatable bonds is 3. The first-order valence-corrected chi connectivity index (χ1v) is 6.08. The Kier molecular flexibility index (Phi) is 3.95. The van der Waals surface area contributed by atoms with Gasteiger partial charge >= 0.3 is 0 Å². The molecule has 0 aromatic heterocycles. The largest absolute Gasteiger partial charge is 0.316 e. The van der Waals surface area contributed by atoms with Crippen LogP contribution >= 0.6 is 0 Å². The van der Waals surface area contributed by atoms with Crippen molar-refractivity contribution >= 4 is 17.3 Å². The molecule has 0 fully saturated rings. The van der Waals surface area contributed by atoms with Crippen LogP contribution in [0.2, 0.25) is 0 Å². The van der Waals surface area contributed by atoms with E-state index in [-0.39, 0.29) is 16.9 Å². The number of aryl methyl sites for hydroxylation is 1. The predicted molar refractivity (Wildman–Crippen MR) is 76.9 cm³/mol. The number of benzene rings is 2. The zero-order valence-electron chi connectivity index (χ0n) is 11.2. The Balaban J connectivity index is 2.36. The Morgan fingerprint density at radius 1 is 1.29 bits per heavy atom. The normalized spacial score (nSPS) is 9.71. The van der Waals surface area contributed by atoms with E-state index in [4.69, 9.17) is 5.26 Å². The topological polar surface area (TPSA) is 96.0 Å².